The lowest BCUT2D eigenvalue weighted by Gasteiger charge is -2.06. The molecule has 0 radical (unpaired) electrons. The van der Waals surface area contributed by atoms with Gasteiger partial charge < -0.3 is 5.32 Å². The number of aromatic nitrogens is 1. The second kappa shape index (κ2) is 6.00. The van der Waals surface area contributed by atoms with Crippen LogP contribution in [0.2, 0.25) is 0 Å². The highest BCUT2D eigenvalue weighted by Gasteiger charge is 2.18. The molecule has 0 aliphatic heterocycles. The molecular formula is C12H12N4O2S2. The zero-order chi connectivity index (χ0) is 14.6. The molecule has 0 spiro atoms. The van der Waals surface area contributed by atoms with Gasteiger partial charge in [0.2, 0.25) is 10.0 Å². The lowest BCUT2D eigenvalue weighted by atomic mass is 10.2. The first-order valence-electron chi connectivity index (χ1n) is 5.68. The summed E-state index contributed by atoms with van der Waals surface area (Å²) in [4.78, 5) is 4.16. The van der Waals surface area contributed by atoms with E-state index in [9.17, 15) is 8.42 Å². The number of rotatable bonds is 5. The molecule has 0 aliphatic rings. The highest BCUT2D eigenvalue weighted by atomic mass is 32.2. The molecule has 8 heteroatoms. The van der Waals surface area contributed by atoms with Gasteiger partial charge in [0.05, 0.1) is 22.7 Å². The molecule has 0 unspecified atom stereocenters. The molecule has 0 bridgehead atoms. The molecule has 2 rings (SSSR count). The second-order valence-corrected chi connectivity index (χ2v) is 6.42. The molecule has 0 saturated carbocycles. The number of nitriles is 1. The molecule has 0 fully saturated rings. The number of anilines is 1. The van der Waals surface area contributed by atoms with Gasteiger partial charge in [0.25, 0.3) is 0 Å². The van der Waals surface area contributed by atoms with Crippen LogP contribution in [0.15, 0.2) is 34.5 Å². The Hall–Kier alpha value is -1.95. The van der Waals surface area contributed by atoms with Gasteiger partial charge in [-0.15, -0.1) is 11.3 Å². The van der Waals surface area contributed by atoms with Gasteiger partial charge in [-0.05, 0) is 12.1 Å². The fraction of sp³-hybridized carbons (Fsp3) is 0.167. The zero-order valence-corrected chi connectivity index (χ0v) is 12.3. The normalized spacial score (nSPS) is 11.0. The Morgan fingerprint density at radius 1 is 1.40 bits per heavy atom. The summed E-state index contributed by atoms with van der Waals surface area (Å²) in [5, 5.41) is 14.3. The Kier molecular flexibility index (Phi) is 4.34. The van der Waals surface area contributed by atoms with Crippen LogP contribution < -0.4 is 10.0 Å². The summed E-state index contributed by atoms with van der Waals surface area (Å²) in [7, 11) is -1.98. The highest BCUT2D eigenvalue weighted by molar-refractivity contribution is 7.89. The molecule has 0 atom stereocenters. The van der Waals surface area contributed by atoms with Crippen LogP contribution in [0.25, 0.3) is 0 Å². The maximum absolute atomic E-state index is 12.2. The van der Waals surface area contributed by atoms with Gasteiger partial charge >= 0.3 is 0 Å². The Morgan fingerprint density at radius 2 is 2.15 bits per heavy atom. The van der Waals surface area contributed by atoms with Gasteiger partial charge in [0.1, 0.15) is 6.07 Å². The van der Waals surface area contributed by atoms with E-state index >= 15 is 0 Å². The molecule has 1 aromatic heterocycles. The van der Waals surface area contributed by atoms with E-state index in [1.807, 2.05) is 6.07 Å². The van der Waals surface area contributed by atoms with Gasteiger partial charge in [0.15, 0.2) is 5.13 Å². The molecule has 0 saturated heterocycles. The standard InChI is InChI=1S/C12H12N4O2S2/c1-14-12-16-10(8-19-12)7-15-20(17,18)11-5-3-2-4-9(11)6-13/h2-5,8,15H,7H2,1H3,(H,14,16). The maximum atomic E-state index is 12.2. The molecule has 0 aliphatic carbocycles. The molecule has 20 heavy (non-hydrogen) atoms. The van der Waals surface area contributed by atoms with E-state index < -0.39 is 10.0 Å². The number of hydrogen-bond acceptors (Lipinski definition) is 6. The lowest BCUT2D eigenvalue weighted by Crippen LogP contribution is -2.24. The summed E-state index contributed by atoms with van der Waals surface area (Å²) in [6, 6.07) is 7.95. The van der Waals surface area contributed by atoms with E-state index in [1.54, 1.807) is 24.6 Å². The van der Waals surface area contributed by atoms with Crippen molar-refractivity contribution in [2.45, 2.75) is 11.4 Å². The maximum Gasteiger partial charge on any atom is 0.242 e. The van der Waals surface area contributed by atoms with Crippen LogP contribution in [0, 0.1) is 11.3 Å². The second-order valence-electron chi connectivity index (χ2n) is 3.83. The van der Waals surface area contributed by atoms with Gasteiger partial charge in [-0.3, -0.25) is 0 Å². The summed E-state index contributed by atoms with van der Waals surface area (Å²) in [6.07, 6.45) is 0. The minimum Gasteiger partial charge on any atom is -0.365 e. The summed E-state index contributed by atoms with van der Waals surface area (Å²) in [6.45, 7) is 0.0836. The molecular weight excluding hydrogens is 296 g/mol. The Balaban J connectivity index is 2.17. The van der Waals surface area contributed by atoms with E-state index in [4.69, 9.17) is 5.26 Å². The van der Waals surface area contributed by atoms with Crippen LogP contribution >= 0.6 is 11.3 Å². The Labute approximate surface area is 121 Å². The van der Waals surface area contributed by atoms with E-state index in [2.05, 4.69) is 15.0 Å². The van der Waals surface area contributed by atoms with Crippen LogP contribution in [0.5, 0.6) is 0 Å². The predicted octanol–water partition coefficient (Wildman–Crippen LogP) is 1.53. The van der Waals surface area contributed by atoms with Gasteiger partial charge in [-0.25, -0.2) is 18.1 Å². The molecule has 0 amide bonds. The fourth-order valence-electron chi connectivity index (χ4n) is 1.54. The topological polar surface area (TPSA) is 94.9 Å². The lowest BCUT2D eigenvalue weighted by molar-refractivity contribution is 0.580. The van der Waals surface area contributed by atoms with Crippen molar-refractivity contribution in [2.24, 2.45) is 0 Å². The number of benzene rings is 1. The number of nitrogens with one attached hydrogen (secondary N) is 2. The fourth-order valence-corrected chi connectivity index (χ4v) is 3.37. The third-order valence-corrected chi connectivity index (χ3v) is 4.87. The van der Waals surface area contributed by atoms with Gasteiger partial charge in [-0.2, -0.15) is 5.26 Å². The summed E-state index contributed by atoms with van der Waals surface area (Å²) < 4.78 is 26.8. The van der Waals surface area contributed by atoms with Crippen molar-refractivity contribution in [3.63, 3.8) is 0 Å². The van der Waals surface area contributed by atoms with Crippen molar-refractivity contribution in [1.82, 2.24) is 9.71 Å². The molecule has 1 aromatic carbocycles. The van der Waals surface area contributed by atoms with Crippen molar-refractivity contribution >= 4 is 26.5 Å². The first-order valence-corrected chi connectivity index (χ1v) is 8.04. The van der Waals surface area contributed by atoms with E-state index in [0.717, 1.165) is 5.13 Å². The first kappa shape index (κ1) is 14.5. The average Bonchev–Trinajstić information content (AvgIpc) is 2.93. The van der Waals surface area contributed by atoms with Crippen LogP contribution in [0.1, 0.15) is 11.3 Å². The minimum absolute atomic E-state index is 0.0217. The van der Waals surface area contributed by atoms with E-state index in [-0.39, 0.29) is 17.0 Å². The molecule has 1 heterocycles. The summed E-state index contributed by atoms with van der Waals surface area (Å²) >= 11 is 1.39. The smallest absolute Gasteiger partial charge is 0.242 e. The molecule has 6 nitrogen and oxygen atoms in total. The van der Waals surface area contributed by atoms with Crippen molar-refractivity contribution < 1.29 is 8.42 Å². The van der Waals surface area contributed by atoms with Crippen LogP contribution in [-0.2, 0) is 16.6 Å². The Morgan fingerprint density at radius 3 is 2.80 bits per heavy atom. The van der Waals surface area contributed by atoms with Crippen LogP contribution in [0.4, 0.5) is 5.13 Å². The van der Waals surface area contributed by atoms with E-state index in [0.29, 0.717) is 5.69 Å². The largest absolute Gasteiger partial charge is 0.365 e. The number of sulfonamides is 1. The average molecular weight is 308 g/mol. The van der Waals surface area contributed by atoms with Gasteiger partial charge in [-0.1, -0.05) is 12.1 Å². The van der Waals surface area contributed by atoms with E-state index in [1.165, 1.54) is 23.5 Å². The van der Waals surface area contributed by atoms with Gasteiger partial charge in [0, 0.05) is 12.4 Å². The van der Waals surface area contributed by atoms with Crippen molar-refractivity contribution in [1.29, 1.82) is 5.26 Å². The third-order valence-electron chi connectivity index (χ3n) is 2.51. The molecule has 2 aromatic rings. The third kappa shape index (κ3) is 3.14. The quantitative estimate of drug-likeness (QED) is 0.873. The minimum atomic E-state index is -3.73. The number of nitrogens with zero attached hydrogens (tertiary/aromatic N) is 2. The van der Waals surface area contributed by atoms with Crippen LogP contribution in [0.3, 0.4) is 0 Å². The van der Waals surface area contributed by atoms with Crippen molar-refractivity contribution in [3.8, 4) is 6.07 Å². The van der Waals surface area contributed by atoms with Crippen molar-refractivity contribution in [2.75, 3.05) is 12.4 Å². The first-order chi connectivity index (χ1) is 9.56. The van der Waals surface area contributed by atoms with Crippen molar-refractivity contribution in [3.05, 3.63) is 40.9 Å². The Bertz CT molecular complexity index is 747. The zero-order valence-electron chi connectivity index (χ0n) is 10.6. The molecule has 2 N–H and O–H groups in total. The summed E-state index contributed by atoms with van der Waals surface area (Å²) in [5.74, 6) is 0. The highest BCUT2D eigenvalue weighted by Crippen LogP contribution is 2.17. The number of thiazole rings is 1. The SMILES string of the molecule is CNc1nc(CNS(=O)(=O)c2ccccc2C#N)cs1. The number of hydrogen-bond donors (Lipinski definition) is 2. The molecule has 104 valence electrons. The predicted molar refractivity (Wildman–Crippen MR) is 76.8 cm³/mol. The monoisotopic (exact) mass is 308 g/mol. The summed E-state index contributed by atoms with van der Waals surface area (Å²) in [5.41, 5.74) is 0.742. The van der Waals surface area contributed by atoms with Crippen LogP contribution in [-0.4, -0.2) is 20.4 Å².